The van der Waals surface area contributed by atoms with Gasteiger partial charge in [-0.15, -0.1) is 0 Å². The van der Waals surface area contributed by atoms with Gasteiger partial charge in [0.2, 0.25) is 0 Å². The van der Waals surface area contributed by atoms with Gasteiger partial charge in [0.1, 0.15) is 0 Å². The van der Waals surface area contributed by atoms with Crippen molar-refractivity contribution in [3.05, 3.63) is 35.4 Å². The minimum absolute atomic E-state index is 0.253. The van der Waals surface area contributed by atoms with Crippen LogP contribution in [0.2, 0.25) is 0 Å². The average Bonchev–Trinajstić information content (AvgIpc) is 2.87. The van der Waals surface area contributed by atoms with E-state index in [1.165, 1.54) is 12.1 Å². The SMILES string of the molecule is FC(F)(F)c1ccccc1CNCCC1CCOC1. The molecule has 1 atom stereocenters. The summed E-state index contributed by atoms with van der Waals surface area (Å²) in [6, 6.07) is 5.70. The van der Waals surface area contributed by atoms with E-state index < -0.39 is 11.7 Å². The number of ether oxygens (including phenoxy) is 1. The summed E-state index contributed by atoms with van der Waals surface area (Å²) in [6.07, 6.45) is -2.27. The van der Waals surface area contributed by atoms with E-state index in [-0.39, 0.29) is 6.54 Å². The van der Waals surface area contributed by atoms with Crippen molar-refractivity contribution in [1.82, 2.24) is 5.32 Å². The summed E-state index contributed by atoms with van der Waals surface area (Å²) < 4.78 is 43.5. The van der Waals surface area contributed by atoms with Gasteiger partial charge in [-0.3, -0.25) is 0 Å². The van der Waals surface area contributed by atoms with E-state index in [0.29, 0.717) is 11.5 Å². The molecule has 0 spiro atoms. The van der Waals surface area contributed by atoms with Crippen molar-refractivity contribution >= 4 is 0 Å². The van der Waals surface area contributed by atoms with Crippen LogP contribution in [0.1, 0.15) is 24.0 Å². The summed E-state index contributed by atoms with van der Waals surface area (Å²) in [7, 11) is 0. The molecule has 0 radical (unpaired) electrons. The van der Waals surface area contributed by atoms with Crippen LogP contribution in [-0.4, -0.2) is 19.8 Å². The lowest BCUT2D eigenvalue weighted by atomic mass is 10.0. The molecule has 0 bridgehead atoms. The van der Waals surface area contributed by atoms with Crippen LogP contribution in [0.15, 0.2) is 24.3 Å². The van der Waals surface area contributed by atoms with Gasteiger partial charge >= 0.3 is 6.18 Å². The van der Waals surface area contributed by atoms with Crippen LogP contribution in [0, 0.1) is 5.92 Å². The molecule has 1 aromatic carbocycles. The summed E-state index contributed by atoms with van der Waals surface area (Å²) in [5.41, 5.74) is -0.246. The summed E-state index contributed by atoms with van der Waals surface area (Å²) >= 11 is 0. The zero-order chi connectivity index (χ0) is 13.7. The van der Waals surface area contributed by atoms with E-state index in [0.717, 1.165) is 38.7 Å². The quantitative estimate of drug-likeness (QED) is 0.832. The number of halogens is 3. The smallest absolute Gasteiger partial charge is 0.381 e. The maximum absolute atomic E-state index is 12.8. The van der Waals surface area contributed by atoms with Gasteiger partial charge in [0.15, 0.2) is 0 Å². The fraction of sp³-hybridized carbons (Fsp3) is 0.571. The molecule has 0 saturated carbocycles. The van der Waals surface area contributed by atoms with Gasteiger partial charge in [-0.25, -0.2) is 0 Å². The van der Waals surface area contributed by atoms with Crippen molar-refractivity contribution in [3.63, 3.8) is 0 Å². The fourth-order valence-corrected chi connectivity index (χ4v) is 2.29. The third kappa shape index (κ3) is 4.21. The van der Waals surface area contributed by atoms with E-state index in [2.05, 4.69) is 5.32 Å². The van der Waals surface area contributed by atoms with Gasteiger partial charge in [-0.05, 0) is 36.9 Å². The number of alkyl halides is 3. The van der Waals surface area contributed by atoms with Gasteiger partial charge in [0.25, 0.3) is 0 Å². The molecule has 106 valence electrons. The number of hydrogen-bond acceptors (Lipinski definition) is 2. The largest absolute Gasteiger partial charge is 0.416 e. The van der Waals surface area contributed by atoms with Crippen LogP contribution in [-0.2, 0) is 17.5 Å². The first-order valence-corrected chi connectivity index (χ1v) is 6.51. The van der Waals surface area contributed by atoms with Crippen molar-refractivity contribution < 1.29 is 17.9 Å². The standard InChI is InChI=1S/C14H18F3NO/c15-14(16,17)13-4-2-1-3-12(13)9-18-7-5-11-6-8-19-10-11/h1-4,11,18H,5-10H2. The minimum Gasteiger partial charge on any atom is -0.381 e. The zero-order valence-electron chi connectivity index (χ0n) is 10.7. The van der Waals surface area contributed by atoms with Crippen LogP contribution in [0.3, 0.4) is 0 Å². The molecule has 2 rings (SSSR count). The lowest BCUT2D eigenvalue weighted by molar-refractivity contribution is -0.138. The summed E-state index contributed by atoms with van der Waals surface area (Å²) in [5.74, 6) is 0.547. The molecule has 1 fully saturated rings. The minimum atomic E-state index is -4.28. The molecular formula is C14H18F3NO. The Morgan fingerprint density at radius 1 is 1.26 bits per heavy atom. The Bertz CT molecular complexity index is 400. The molecule has 1 aromatic rings. The Morgan fingerprint density at radius 3 is 2.74 bits per heavy atom. The fourth-order valence-electron chi connectivity index (χ4n) is 2.29. The highest BCUT2D eigenvalue weighted by molar-refractivity contribution is 5.29. The summed E-state index contributed by atoms with van der Waals surface area (Å²) in [6.45, 7) is 2.56. The predicted octanol–water partition coefficient (Wildman–Crippen LogP) is 3.22. The number of nitrogens with one attached hydrogen (secondary N) is 1. The maximum Gasteiger partial charge on any atom is 0.416 e. The molecule has 2 nitrogen and oxygen atoms in total. The lowest BCUT2D eigenvalue weighted by Crippen LogP contribution is -2.20. The van der Waals surface area contributed by atoms with Gasteiger partial charge in [0.05, 0.1) is 5.56 Å². The van der Waals surface area contributed by atoms with E-state index in [1.807, 2.05) is 0 Å². The molecule has 1 aliphatic heterocycles. The third-order valence-corrected chi connectivity index (χ3v) is 3.39. The molecular weight excluding hydrogens is 255 g/mol. The highest BCUT2D eigenvalue weighted by Gasteiger charge is 2.32. The monoisotopic (exact) mass is 273 g/mol. The van der Waals surface area contributed by atoms with Crippen LogP contribution in [0.25, 0.3) is 0 Å². The maximum atomic E-state index is 12.8. The topological polar surface area (TPSA) is 21.3 Å². The van der Waals surface area contributed by atoms with Gasteiger partial charge < -0.3 is 10.1 Å². The first kappa shape index (κ1) is 14.3. The number of rotatable bonds is 5. The molecule has 5 heteroatoms. The van der Waals surface area contributed by atoms with E-state index >= 15 is 0 Å². The van der Waals surface area contributed by atoms with Crippen LogP contribution in [0.4, 0.5) is 13.2 Å². The summed E-state index contributed by atoms with van der Waals surface area (Å²) in [5, 5.41) is 3.09. The highest BCUT2D eigenvalue weighted by atomic mass is 19.4. The molecule has 1 heterocycles. The zero-order valence-corrected chi connectivity index (χ0v) is 10.7. The van der Waals surface area contributed by atoms with E-state index in [1.54, 1.807) is 6.07 Å². The van der Waals surface area contributed by atoms with Crippen molar-refractivity contribution in [2.75, 3.05) is 19.8 Å². The van der Waals surface area contributed by atoms with Crippen molar-refractivity contribution in [2.45, 2.75) is 25.6 Å². The Kier molecular flexibility index (Phi) is 4.82. The van der Waals surface area contributed by atoms with Crippen LogP contribution >= 0.6 is 0 Å². The van der Waals surface area contributed by atoms with Gasteiger partial charge in [-0.2, -0.15) is 13.2 Å². The highest BCUT2D eigenvalue weighted by Crippen LogP contribution is 2.31. The Labute approximate surface area is 111 Å². The predicted molar refractivity (Wildman–Crippen MR) is 66.7 cm³/mol. The Morgan fingerprint density at radius 2 is 2.05 bits per heavy atom. The first-order valence-electron chi connectivity index (χ1n) is 6.51. The Hall–Kier alpha value is -1.07. The second kappa shape index (κ2) is 6.39. The first-order chi connectivity index (χ1) is 9.07. The second-order valence-corrected chi connectivity index (χ2v) is 4.85. The number of benzene rings is 1. The average molecular weight is 273 g/mol. The molecule has 0 amide bonds. The van der Waals surface area contributed by atoms with Crippen molar-refractivity contribution in [2.24, 2.45) is 5.92 Å². The summed E-state index contributed by atoms with van der Waals surface area (Å²) in [4.78, 5) is 0. The van der Waals surface area contributed by atoms with Gasteiger partial charge in [-0.1, -0.05) is 18.2 Å². The van der Waals surface area contributed by atoms with E-state index in [9.17, 15) is 13.2 Å². The molecule has 0 aromatic heterocycles. The molecule has 1 N–H and O–H groups in total. The number of hydrogen-bond donors (Lipinski definition) is 1. The molecule has 19 heavy (non-hydrogen) atoms. The van der Waals surface area contributed by atoms with Crippen molar-refractivity contribution in [1.29, 1.82) is 0 Å². The van der Waals surface area contributed by atoms with Crippen LogP contribution in [0.5, 0.6) is 0 Å². The third-order valence-electron chi connectivity index (χ3n) is 3.39. The molecule has 1 aliphatic rings. The molecule has 1 unspecified atom stereocenters. The normalized spacial score (nSPS) is 19.8. The Balaban J connectivity index is 1.82. The molecule has 1 saturated heterocycles. The molecule has 0 aliphatic carbocycles. The lowest BCUT2D eigenvalue weighted by Gasteiger charge is -2.14. The van der Waals surface area contributed by atoms with E-state index in [4.69, 9.17) is 4.74 Å². The van der Waals surface area contributed by atoms with Gasteiger partial charge in [0, 0.05) is 19.8 Å². The van der Waals surface area contributed by atoms with Crippen LogP contribution < -0.4 is 5.32 Å². The second-order valence-electron chi connectivity index (χ2n) is 4.85. The van der Waals surface area contributed by atoms with Crippen molar-refractivity contribution in [3.8, 4) is 0 Å².